The van der Waals surface area contributed by atoms with Gasteiger partial charge in [-0.1, -0.05) is 23.7 Å². The largest absolute Gasteiger partial charge is 0.369 e. The lowest BCUT2D eigenvalue weighted by Gasteiger charge is -2.35. The highest BCUT2D eigenvalue weighted by Gasteiger charge is 2.21. The zero-order chi connectivity index (χ0) is 18.4. The minimum Gasteiger partial charge on any atom is -0.369 e. The van der Waals surface area contributed by atoms with Crippen molar-refractivity contribution in [2.45, 2.75) is 19.8 Å². The molecule has 7 heteroatoms. The van der Waals surface area contributed by atoms with Gasteiger partial charge in [0.05, 0.1) is 0 Å². The molecule has 1 amide bonds. The second kappa shape index (κ2) is 8.85. The molecule has 1 aromatic heterocycles. The Kier molecular flexibility index (Phi) is 6.28. The van der Waals surface area contributed by atoms with E-state index in [1.165, 1.54) is 0 Å². The minimum absolute atomic E-state index is 0.193. The summed E-state index contributed by atoms with van der Waals surface area (Å²) in [4.78, 5) is 16.6. The topological polar surface area (TPSA) is 61.4 Å². The zero-order valence-corrected chi connectivity index (χ0v) is 15.7. The normalized spacial score (nSPS) is 14.4. The van der Waals surface area contributed by atoms with Gasteiger partial charge in [0.15, 0.2) is 5.82 Å². The summed E-state index contributed by atoms with van der Waals surface area (Å²) in [5.41, 5.74) is 1.10. The molecule has 1 saturated heterocycles. The third-order valence-electron chi connectivity index (χ3n) is 4.48. The molecule has 0 spiro atoms. The Morgan fingerprint density at radius 1 is 1.15 bits per heavy atom. The van der Waals surface area contributed by atoms with Crippen molar-refractivity contribution in [1.29, 1.82) is 0 Å². The molecule has 1 aliphatic heterocycles. The lowest BCUT2D eigenvalue weighted by atomic mass is 10.1. The Balaban J connectivity index is 1.47. The summed E-state index contributed by atoms with van der Waals surface area (Å²) in [7, 11) is 0. The maximum atomic E-state index is 12.5. The van der Waals surface area contributed by atoms with Crippen LogP contribution >= 0.6 is 11.6 Å². The van der Waals surface area contributed by atoms with Gasteiger partial charge in [-0.05, 0) is 43.2 Å². The molecule has 1 N–H and O–H groups in total. The van der Waals surface area contributed by atoms with Crippen molar-refractivity contribution in [2.24, 2.45) is 0 Å². The maximum absolute atomic E-state index is 12.5. The molecule has 0 unspecified atom stereocenters. The van der Waals surface area contributed by atoms with Gasteiger partial charge in [-0.2, -0.15) is 0 Å². The number of hydrogen-bond acceptors (Lipinski definition) is 5. The van der Waals surface area contributed by atoms with E-state index in [1.807, 2.05) is 48.2 Å². The summed E-state index contributed by atoms with van der Waals surface area (Å²) in [6, 6.07) is 11.6. The van der Waals surface area contributed by atoms with Crippen molar-refractivity contribution in [3.05, 3.63) is 47.0 Å². The summed E-state index contributed by atoms with van der Waals surface area (Å²) in [6.45, 7) is 5.83. The number of nitrogens with one attached hydrogen (secondary N) is 1. The van der Waals surface area contributed by atoms with E-state index in [0.717, 1.165) is 43.3 Å². The number of halogens is 1. The summed E-state index contributed by atoms with van der Waals surface area (Å²) in [5.74, 6) is 1.84. The lowest BCUT2D eigenvalue weighted by Crippen LogP contribution is -2.49. The molecule has 0 aliphatic carbocycles. The lowest BCUT2D eigenvalue weighted by molar-refractivity contribution is -0.131. The van der Waals surface area contributed by atoms with E-state index < -0.39 is 0 Å². The number of amides is 1. The van der Waals surface area contributed by atoms with E-state index in [2.05, 4.69) is 20.4 Å². The van der Waals surface area contributed by atoms with Gasteiger partial charge in [0.25, 0.3) is 0 Å². The average molecular weight is 374 g/mol. The van der Waals surface area contributed by atoms with Gasteiger partial charge in [-0.25, -0.2) is 0 Å². The molecule has 0 bridgehead atoms. The number of aromatic nitrogens is 2. The Morgan fingerprint density at radius 3 is 2.62 bits per heavy atom. The Morgan fingerprint density at radius 2 is 1.96 bits per heavy atom. The Bertz CT molecular complexity index is 729. The van der Waals surface area contributed by atoms with Crippen LogP contribution in [0.4, 0.5) is 11.6 Å². The number of rotatable bonds is 6. The highest BCUT2D eigenvalue weighted by atomic mass is 35.5. The molecule has 6 nitrogen and oxygen atoms in total. The van der Waals surface area contributed by atoms with Crippen LogP contribution in [0.2, 0.25) is 5.02 Å². The van der Waals surface area contributed by atoms with Crippen molar-refractivity contribution in [2.75, 3.05) is 42.9 Å². The molecule has 1 aromatic carbocycles. The molecule has 2 heterocycles. The van der Waals surface area contributed by atoms with Crippen LogP contribution in [0.15, 0.2) is 36.4 Å². The van der Waals surface area contributed by atoms with Gasteiger partial charge in [-0.3, -0.25) is 4.79 Å². The number of aryl methyl sites for hydroxylation is 1. The SMILES string of the molecule is CCNc1ccc(N2CCN(C(=O)CCc3cccc(Cl)c3)CC2)nn1. The van der Waals surface area contributed by atoms with Gasteiger partial charge >= 0.3 is 0 Å². The van der Waals surface area contributed by atoms with E-state index in [4.69, 9.17) is 11.6 Å². The highest BCUT2D eigenvalue weighted by molar-refractivity contribution is 6.30. The first-order valence-electron chi connectivity index (χ1n) is 9.00. The first-order chi connectivity index (χ1) is 12.7. The van der Waals surface area contributed by atoms with Gasteiger partial charge in [0, 0.05) is 44.2 Å². The van der Waals surface area contributed by atoms with E-state index in [-0.39, 0.29) is 5.91 Å². The Hall–Kier alpha value is -2.34. The van der Waals surface area contributed by atoms with Crippen LogP contribution in [0, 0.1) is 0 Å². The average Bonchev–Trinajstić information content (AvgIpc) is 2.67. The van der Waals surface area contributed by atoms with Gasteiger partial charge in [-0.15, -0.1) is 10.2 Å². The second-order valence-corrected chi connectivity index (χ2v) is 6.74. The number of nitrogens with zero attached hydrogens (tertiary/aromatic N) is 4. The summed E-state index contributed by atoms with van der Waals surface area (Å²) < 4.78 is 0. The number of carbonyl (C=O) groups is 1. The van der Waals surface area contributed by atoms with Gasteiger partial charge < -0.3 is 15.1 Å². The predicted octanol–water partition coefficient (Wildman–Crippen LogP) is 2.84. The molecule has 2 aromatic rings. The standard InChI is InChI=1S/C19H24ClN5O/c1-2-21-17-7-8-18(23-22-17)24-10-12-25(13-11-24)19(26)9-6-15-4-3-5-16(20)14-15/h3-5,7-8,14H,2,6,9-13H2,1H3,(H,21,22). The number of carbonyl (C=O) groups excluding carboxylic acids is 1. The fourth-order valence-corrected chi connectivity index (χ4v) is 3.27. The fourth-order valence-electron chi connectivity index (χ4n) is 3.06. The summed E-state index contributed by atoms with van der Waals surface area (Å²) in [5, 5.41) is 12.3. The van der Waals surface area contributed by atoms with Crippen LogP contribution in [0.5, 0.6) is 0 Å². The third kappa shape index (κ3) is 4.85. The molecule has 138 valence electrons. The van der Waals surface area contributed by atoms with E-state index >= 15 is 0 Å². The number of anilines is 2. The molecule has 1 aliphatic rings. The van der Waals surface area contributed by atoms with Crippen LogP contribution in [-0.4, -0.2) is 53.7 Å². The highest BCUT2D eigenvalue weighted by Crippen LogP contribution is 2.16. The second-order valence-electron chi connectivity index (χ2n) is 6.30. The first kappa shape index (κ1) is 18.5. The molecule has 0 saturated carbocycles. The third-order valence-corrected chi connectivity index (χ3v) is 4.72. The monoisotopic (exact) mass is 373 g/mol. The van der Waals surface area contributed by atoms with Crippen LogP contribution in [0.25, 0.3) is 0 Å². The van der Waals surface area contributed by atoms with Crippen LogP contribution in [0.1, 0.15) is 18.9 Å². The van der Waals surface area contributed by atoms with Crippen LogP contribution in [0.3, 0.4) is 0 Å². The molecule has 26 heavy (non-hydrogen) atoms. The molecule has 0 radical (unpaired) electrons. The van der Waals surface area contributed by atoms with E-state index in [9.17, 15) is 4.79 Å². The van der Waals surface area contributed by atoms with Crippen LogP contribution < -0.4 is 10.2 Å². The molecular weight excluding hydrogens is 350 g/mol. The fraction of sp³-hybridized carbons (Fsp3) is 0.421. The quantitative estimate of drug-likeness (QED) is 0.843. The number of piperazine rings is 1. The van der Waals surface area contributed by atoms with Crippen molar-refractivity contribution in [1.82, 2.24) is 15.1 Å². The number of hydrogen-bond donors (Lipinski definition) is 1. The summed E-state index contributed by atoms with van der Waals surface area (Å²) in [6.07, 6.45) is 1.23. The van der Waals surface area contributed by atoms with E-state index in [0.29, 0.717) is 24.5 Å². The molecule has 1 fully saturated rings. The van der Waals surface area contributed by atoms with Crippen LogP contribution in [-0.2, 0) is 11.2 Å². The van der Waals surface area contributed by atoms with Gasteiger partial charge in [0.2, 0.25) is 5.91 Å². The Labute approximate surface area is 159 Å². The van der Waals surface area contributed by atoms with Crippen molar-refractivity contribution < 1.29 is 4.79 Å². The van der Waals surface area contributed by atoms with Crippen molar-refractivity contribution in [3.63, 3.8) is 0 Å². The molecule has 0 atom stereocenters. The minimum atomic E-state index is 0.193. The van der Waals surface area contributed by atoms with Crippen molar-refractivity contribution in [3.8, 4) is 0 Å². The maximum Gasteiger partial charge on any atom is 0.223 e. The predicted molar refractivity (Wildman–Crippen MR) is 105 cm³/mol. The molecule has 3 rings (SSSR count). The van der Waals surface area contributed by atoms with E-state index in [1.54, 1.807) is 0 Å². The number of benzene rings is 1. The summed E-state index contributed by atoms with van der Waals surface area (Å²) >= 11 is 5.99. The first-order valence-corrected chi connectivity index (χ1v) is 9.38. The van der Waals surface area contributed by atoms with Gasteiger partial charge in [0.1, 0.15) is 5.82 Å². The molecular formula is C19H24ClN5O. The zero-order valence-electron chi connectivity index (χ0n) is 15.0. The van der Waals surface area contributed by atoms with Crippen molar-refractivity contribution >= 4 is 29.1 Å². The smallest absolute Gasteiger partial charge is 0.223 e.